The van der Waals surface area contributed by atoms with Crippen LogP contribution < -0.4 is 10.6 Å². The molecule has 0 aliphatic carbocycles. The Balaban J connectivity index is 1.72. The minimum Gasteiger partial charge on any atom is -0.323 e. The first-order chi connectivity index (χ1) is 14.5. The summed E-state index contributed by atoms with van der Waals surface area (Å²) < 4.78 is 3.87. The highest BCUT2D eigenvalue weighted by Crippen LogP contribution is 2.28. The first-order valence-corrected chi connectivity index (χ1v) is 9.68. The molecule has 4 aromatic rings. The van der Waals surface area contributed by atoms with E-state index in [9.17, 15) is 4.79 Å². The fourth-order valence-corrected chi connectivity index (χ4v) is 3.30. The second-order valence-electron chi connectivity index (χ2n) is 6.99. The third-order valence-corrected chi connectivity index (χ3v) is 4.83. The number of hydrogen-bond acceptors (Lipinski definition) is 5. The highest BCUT2D eigenvalue weighted by atomic mass is 16.1. The lowest BCUT2D eigenvalue weighted by Gasteiger charge is -2.10. The number of aryl methyl sites for hydroxylation is 3. The molecule has 152 valence electrons. The molecule has 1 amide bonds. The molecule has 0 saturated carbocycles. The number of hydrogen-bond donors (Lipinski definition) is 2. The number of aromatic nitrogens is 5. The van der Waals surface area contributed by atoms with Crippen molar-refractivity contribution in [1.82, 2.24) is 24.3 Å². The molecule has 2 N–H and O–H groups in total. The quantitative estimate of drug-likeness (QED) is 0.474. The van der Waals surface area contributed by atoms with E-state index in [1.165, 1.54) is 6.08 Å². The van der Waals surface area contributed by atoms with Crippen LogP contribution in [0.15, 0.2) is 55.5 Å². The topological polar surface area (TPSA) is 89.7 Å². The van der Waals surface area contributed by atoms with Gasteiger partial charge >= 0.3 is 0 Å². The number of nitrogens with one attached hydrogen (secondary N) is 2. The van der Waals surface area contributed by atoms with E-state index in [2.05, 4.69) is 27.3 Å². The standard InChI is InChI=1S/C22H23N7O/c1-5-20(30)24-16-7-8-18-17(11-16)15(4)13-29(18)21-14(3)12-23-22(26-21)25-19-9-10-28(6-2)27-19/h5,7-13H,1,6H2,2-4H3,(H,24,30)(H,23,25,26,27). The highest BCUT2D eigenvalue weighted by molar-refractivity contribution is 6.00. The third-order valence-electron chi connectivity index (χ3n) is 4.83. The molecule has 0 atom stereocenters. The van der Waals surface area contributed by atoms with Crippen LogP contribution in [0.25, 0.3) is 16.7 Å². The second kappa shape index (κ2) is 7.82. The summed E-state index contributed by atoms with van der Waals surface area (Å²) in [5, 5.41) is 11.4. The van der Waals surface area contributed by atoms with Gasteiger partial charge in [0.2, 0.25) is 11.9 Å². The molecule has 4 rings (SSSR count). The maximum Gasteiger partial charge on any atom is 0.247 e. The zero-order valence-electron chi connectivity index (χ0n) is 17.2. The van der Waals surface area contributed by atoms with Gasteiger partial charge in [-0.3, -0.25) is 9.48 Å². The average Bonchev–Trinajstić information content (AvgIpc) is 3.33. The molecule has 0 saturated heterocycles. The minimum atomic E-state index is -0.237. The summed E-state index contributed by atoms with van der Waals surface area (Å²) in [7, 11) is 0. The molecule has 0 fully saturated rings. The van der Waals surface area contributed by atoms with Crippen molar-refractivity contribution in [1.29, 1.82) is 0 Å². The Hall–Kier alpha value is -3.94. The van der Waals surface area contributed by atoms with Crippen LogP contribution in [0.4, 0.5) is 17.5 Å². The molecule has 8 nitrogen and oxygen atoms in total. The van der Waals surface area contributed by atoms with Gasteiger partial charge in [-0.2, -0.15) is 10.1 Å². The van der Waals surface area contributed by atoms with Crippen LogP contribution in [0.2, 0.25) is 0 Å². The van der Waals surface area contributed by atoms with Crippen molar-refractivity contribution in [3.8, 4) is 5.82 Å². The predicted octanol–water partition coefficient (Wildman–Crippen LogP) is 4.12. The molecule has 0 spiro atoms. The summed E-state index contributed by atoms with van der Waals surface area (Å²) in [6, 6.07) is 7.68. The highest BCUT2D eigenvalue weighted by Gasteiger charge is 2.13. The summed E-state index contributed by atoms with van der Waals surface area (Å²) >= 11 is 0. The molecule has 3 heterocycles. The summed E-state index contributed by atoms with van der Waals surface area (Å²) in [5.74, 6) is 1.72. The Bertz CT molecular complexity index is 1250. The number of nitrogens with zero attached hydrogens (tertiary/aromatic N) is 5. The van der Waals surface area contributed by atoms with Crippen LogP contribution in [0.1, 0.15) is 18.1 Å². The summed E-state index contributed by atoms with van der Waals surface area (Å²) in [6.45, 7) is 10.3. The van der Waals surface area contributed by atoms with E-state index >= 15 is 0 Å². The van der Waals surface area contributed by atoms with E-state index in [1.54, 1.807) is 6.20 Å². The molecular formula is C22H23N7O. The van der Waals surface area contributed by atoms with Crippen molar-refractivity contribution in [2.45, 2.75) is 27.3 Å². The van der Waals surface area contributed by atoms with Gasteiger partial charge in [0.25, 0.3) is 0 Å². The van der Waals surface area contributed by atoms with Gasteiger partial charge in [0.05, 0.1) is 5.52 Å². The average molecular weight is 401 g/mol. The number of benzene rings is 1. The van der Waals surface area contributed by atoms with Gasteiger partial charge in [0, 0.05) is 47.8 Å². The van der Waals surface area contributed by atoms with E-state index in [0.717, 1.165) is 40.1 Å². The van der Waals surface area contributed by atoms with Crippen LogP contribution in [0, 0.1) is 13.8 Å². The normalized spacial score (nSPS) is 10.9. The van der Waals surface area contributed by atoms with Gasteiger partial charge in [-0.15, -0.1) is 0 Å². The summed E-state index contributed by atoms with van der Waals surface area (Å²) in [5.41, 5.74) is 3.74. The molecule has 30 heavy (non-hydrogen) atoms. The smallest absolute Gasteiger partial charge is 0.247 e. The van der Waals surface area contributed by atoms with Crippen molar-refractivity contribution in [3.63, 3.8) is 0 Å². The SMILES string of the molecule is C=CC(=O)Nc1ccc2c(c1)c(C)cn2-c1nc(Nc2ccn(CC)n2)ncc1C. The molecule has 1 aromatic carbocycles. The number of anilines is 3. The van der Waals surface area contributed by atoms with Gasteiger partial charge < -0.3 is 15.2 Å². The summed E-state index contributed by atoms with van der Waals surface area (Å²) in [6.07, 6.45) is 6.99. The summed E-state index contributed by atoms with van der Waals surface area (Å²) in [4.78, 5) is 20.7. The fraction of sp³-hybridized carbons (Fsp3) is 0.182. The number of carbonyl (C=O) groups is 1. The van der Waals surface area contributed by atoms with Crippen molar-refractivity contribution >= 4 is 34.3 Å². The fourth-order valence-electron chi connectivity index (χ4n) is 3.30. The lowest BCUT2D eigenvalue weighted by Crippen LogP contribution is -2.07. The third kappa shape index (κ3) is 3.67. The van der Waals surface area contributed by atoms with E-state index < -0.39 is 0 Å². The zero-order valence-corrected chi connectivity index (χ0v) is 17.2. The van der Waals surface area contributed by atoms with Crippen molar-refractivity contribution in [2.75, 3.05) is 10.6 Å². The second-order valence-corrected chi connectivity index (χ2v) is 6.99. The molecule has 0 radical (unpaired) electrons. The van der Waals surface area contributed by atoms with Crippen LogP contribution in [-0.2, 0) is 11.3 Å². The molecule has 0 unspecified atom stereocenters. The number of rotatable bonds is 6. The molecule has 8 heteroatoms. The Morgan fingerprint density at radius 1 is 1.23 bits per heavy atom. The van der Waals surface area contributed by atoms with Crippen LogP contribution in [0.3, 0.4) is 0 Å². The Morgan fingerprint density at radius 2 is 2.07 bits per heavy atom. The van der Waals surface area contributed by atoms with Crippen molar-refractivity contribution in [2.24, 2.45) is 0 Å². The van der Waals surface area contributed by atoms with E-state index in [4.69, 9.17) is 4.98 Å². The monoisotopic (exact) mass is 401 g/mol. The van der Waals surface area contributed by atoms with E-state index in [0.29, 0.717) is 11.8 Å². The van der Waals surface area contributed by atoms with Crippen molar-refractivity contribution < 1.29 is 4.79 Å². The van der Waals surface area contributed by atoms with Gasteiger partial charge in [-0.1, -0.05) is 6.58 Å². The van der Waals surface area contributed by atoms with Crippen LogP contribution >= 0.6 is 0 Å². The lowest BCUT2D eigenvalue weighted by atomic mass is 10.1. The maximum absolute atomic E-state index is 11.6. The minimum absolute atomic E-state index is 0.237. The first kappa shape index (κ1) is 19.4. The Kier molecular flexibility index (Phi) is 5.05. The number of amides is 1. The molecule has 0 aliphatic heterocycles. The molecule has 0 bridgehead atoms. The zero-order chi connectivity index (χ0) is 21.3. The first-order valence-electron chi connectivity index (χ1n) is 9.68. The van der Waals surface area contributed by atoms with Gasteiger partial charge in [-0.25, -0.2) is 4.98 Å². The van der Waals surface area contributed by atoms with Gasteiger partial charge in [-0.05, 0) is 50.6 Å². The number of fused-ring (bicyclic) bond motifs is 1. The Morgan fingerprint density at radius 3 is 2.80 bits per heavy atom. The van der Waals surface area contributed by atoms with Crippen molar-refractivity contribution in [3.05, 3.63) is 66.6 Å². The van der Waals surface area contributed by atoms with Gasteiger partial charge in [0.1, 0.15) is 5.82 Å². The van der Waals surface area contributed by atoms with Gasteiger partial charge in [0.15, 0.2) is 5.82 Å². The molecular weight excluding hydrogens is 378 g/mol. The maximum atomic E-state index is 11.6. The largest absolute Gasteiger partial charge is 0.323 e. The van der Waals surface area contributed by atoms with Crippen LogP contribution in [0.5, 0.6) is 0 Å². The predicted molar refractivity (Wildman–Crippen MR) is 118 cm³/mol. The molecule has 0 aliphatic rings. The number of carbonyl (C=O) groups excluding carboxylic acids is 1. The Labute approximate surface area is 174 Å². The lowest BCUT2D eigenvalue weighted by molar-refractivity contribution is -0.111. The molecule has 3 aromatic heterocycles. The van der Waals surface area contributed by atoms with Crippen LogP contribution in [-0.4, -0.2) is 30.2 Å². The van der Waals surface area contributed by atoms with E-state index in [-0.39, 0.29) is 5.91 Å². The van der Waals surface area contributed by atoms with E-state index in [1.807, 2.05) is 66.7 Å².